The van der Waals surface area contributed by atoms with Gasteiger partial charge in [-0.3, -0.25) is 0 Å². The van der Waals surface area contributed by atoms with Crippen molar-refractivity contribution in [3.05, 3.63) is 60.0 Å². The van der Waals surface area contributed by atoms with Crippen molar-refractivity contribution in [2.24, 2.45) is 0 Å². The Morgan fingerprint density at radius 2 is 1.76 bits per heavy atom. The molecule has 1 N–H and O–H groups in total. The second-order valence-electron chi connectivity index (χ2n) is 5.48. The first kappa shape index (κ1) is 17.0. The van der Waals surface area contributed by atoms with E-state index in [1.807, 2.05) is 48.5 Å². The highest BCUT2D eigenvalue weighted by Crippen LogP contribution is 2.27. The highest BCUT2D eigenvalue weighted by molar-refractivity contribution is 5.51. The maximum atomic E-state index is 5.67. The molecule has 0 saturated heterocycles. The Bertz CT molecular complexity index is 803. The third-order valence-corrected chi connectivity index (χ3v) is 3.80. The van der Waals surface area contributed by atoms with Gasteiger partial charge in [-0.2, -0.15) is 0 Å². The van der Waals surface area contributed by atoms with Crippen LogP contribution in [0, 0.1) is 0 Å². The highest BCUT2D eigenvalue weighted by atomic mass is 16.5. The summed E-state index contributed by atoms with van der Waals surface area (Å²) in [5.41, 5.74) is 2.09. The molecule has 0 amide bonds. The minimum Gasteiger partial charge on any atom is -0.493 e. The smallest absolute Gasteiger partial charge is 0.247 e. The molecular weight excluding hydrogens is 318 g/mol. The number of nitrogens with one attached hydrogen (secondary N) is 1. The number of rotatable bonds is 8. The van der Waals surface area contributed by atoms with Crippen LogP contribution in [0.5, 0.6) is 11.5 Å². The predicted octanol–water partition coefficient (Wildman–Crippen LogP) is 3.09. The van der Waals surface area contributed by atoms with Crippen LogP contribution in [0.25, 0.3) is 11.5 Å². The summed E-state index contributed by atoms with van der Waals surface area (Å²) < 4.78 is 16.2. The summed E-state index contributed by atoms with van der Waals surface area (Å²) in [6, 6.07) is 15.7. The zero-order valence-corrected chi connectivity index (χ0v) is 14.4. The average Bonchev–Trinajstić information content (AvgIpc) is 3.14. The lowest BCUT2D eigenvalue weighted by Gasteiger charge is -2.09. The molecule has 0 fully saturated rings. The quantitative estimate of drug-likeness (QED) is 0.636. The van der Waals surface area contributed by atoms with E-state index in [0.717, 1.165) is 30.0 Å². The molecular formula is C19H21N3O3. The Balaban J connectivity index is 1.50. The topological polar surface area (TPSA) is 69.4 Å². The van der Waals surface area contributed by atoms with E-state index < -0.39 is 0 Å². The van der Waals surface area contributed by atoms with Gasteiger partial charge in [0.2, 0.25) is 11.8 Å². The molecule has 6 nitrogen and oxygen atoms in total. The normalized spacial score (nSPS) is 10.6. The lowest BCUT2D eigenvalue weighted by atomic mass is 10.1. The average molecular weight is 339 g/mol. The van der Waals surface area contributed by atoms with Crippen LogP contribution in [0.1, 0.15) is 11.5 Å². The zero-order chi connectivity index (χ0) is 17.5. The molecule has 25 heavy (non-hydrogen) atoms. The van der Waals surface area contributed by atoms with E-state index in [2.05, 4.69) is 15.5 Å². The van der Waals surface area contributed by atoms with E-state index in [1.54, 1.807) is 14.2 Å². The van der Waals surface area contributed by atoms with E-state index in [4.69, 9.17) is 13.9 Å². The minimum atomic E-state index is 0.535. The standard InChI is InChI=1S/C19H21N3O3/c1-23-16-9-8-14(12-17(16)24-2)10-11-20-13-18-21-22-19(25-18)15-6-4-3-5-7-15/h3-9,12,20H,10-11,13H2,1-2H3. The Hall–Kier alpha value is -2.86. The van der Waals surface area contributed by atoms with Crippen molar-refractivity contribution in [3.63, 3.8) is 0 Å². The third-order valence-electron chi connectivity index (χ3n) is 3.80. The van der Waals surface area contributed by atoms with Crippen molar-refractivity contribution >= 4 is 0 Å². The number of benzene rings is 2. The van der Waals surface area contributed by atoms with Crippen LogP contribution in [0.4, 0.5) is 0 Å². The van der Waals surface area contributed by atoms with Crippen LogP contribution < -0.4 is 14.8 Å². The van der Waals surface area contributed by atoms with Crippen molar-refractivity contribution in [2.45, 2.75) is 13.0 Å². The summed E-state index contributed by atoms with van der Waals surface area (Å²) in [5, 5.41) is 11.5. The Morgan fingerprint density at radius 1 is 0.960 bits per heavy atom. The van der Waals surface area contributed by atoms with Crippen LogP contribution in [0.3, 0.4) is 0 Å². The number of methoxy groups -OCH3 is 2. The molecule has 0 bridgehead atoms. The summed E-state index contributed by atoms with van der Waals surface area (Å²) >= 11 is 0. The van der Waals surface area contributed by atoms with Gasteiger partial charge in [0.1, 0.15) is 0 Å². The van der Waals surface area contributed by atoms with Gasteiger partial charge in [-0.1, -0.05) is 24.3 Å². The lowest BCUT2D eigenvalue weighted by molar-refractivity contribution is 0.354. The number of ether oxygens (including phenoxy) is 2. The van der Waals surface area contributed by atoms with E-state index in [-0.39, 0.29) is 0 Å². The van der Waals surface area contributed by atoms with Crippen molar-refractivity contribution in [2.75, 3.05) is 20.8 Å². The monoisotopic (exact) mass is 339 g/mol. The molecule has 130 valence electrons. The Morgan fingerprint density at radius 3 is 2.52 bits per heavy atom. The lowest BCUT2D eigenvalue weighted by Crippen LogP contribution is -2.16. The van der Waals surface area contributed by atoms with Gasteiger partial charge in [0.25, 0.3) is 0 Å². The minimum absolute atomic E-state index is 0.535. The zero-order valence-electron chi connectivity index (χ0n) is 14.4. The van der Waals surface area contributed by atoms with Gasteiger partial charge in [0.15, 0.2) is 11.5 Å². The van der Waals surface area contributed by atoms with Gasteiger partial charge in [-0.15, -0.1) is 10.2 Å². The second kappa shape index (κ2) is 8.30. The van der Waals surface area contributed by atoms with Gasteiger partial charge >= 0.3 is 0 Å². The van der Waals surface area contributed by atoms with Crippen molar-refractivity contribution in [3.8, 4) is 23.0 Å². The first-order chi connectivity index (χ1) is 12.3. The molecule has 1 heterocycles. The number of hydrogen-bond donors (Lipinski definition) is 1. The fourth-order valence-corrected chi connectivity index (χ4v) is 2.49. The molecule has 0 aliphatic carbocycles. The summed E-state index contributed by atoms with van der Waals surface area (Å²) in [6.07, 6.45) is 0.861. The molecule has 0 radical (unpaired) electrons. The molecule has 0 atom stereocenters. The van der Waals surface area contributed by atoms with Crippen LogP contribution >= 0.6 is 0 Å². The van der Waals surface area contributed by atoms with E-state index in [1.165, 1.54) is 5.56 Å². The van der Waals surface area contributed by atoms with Crippen LogP contribution in [0.15, 0.2) is 52.9 Å². The molecule has 6 heteroatoms. The Kier molecular flexibility index (Phi) is 5.64. The van der Waals surface area contributed by atoms with Gasteiger partial charge in [-0.05, 0) is 42.8 Å². The molecule has 3 aromatic rings. The maximum absolute atomic E-state index is 5.67. The first-order valence-electron chi connectivity index (χ1n) is 8.09. The summed E-state index contributed by atoms with van der Waals surface area (Å²) in [6.45, 7) is 1.33. The van der Waals surface area contributed by atoms with Crippen molar-refractivity contribution in [1.29, 1.82) is 0 Å². The molecule has 0 spiro atoms. The molecule has 0 saturated carbocycles. The highest BCUT2D eigenvalue weighted by Gasteiger charge is 2.08. The van der Waals surface area contributed by atoms with E-state index in [9.17, 15) is 0 Å². The van der Waals surface area contributed by atoms with E-state index in [0.29, 0.717) is 18.3 Å². The Labute approximate surface area is 146 Å². The number of nitrogens with zero attached hydrogens (tertiary/aromatic N) is 2. The molecule has 1 aromatic heterocycles. The fraction of sp³-hybridized carbons (Fsp3) is 0.263. The first-order valence-corrected chi connectivity index (χ1v) is 8.09. The van der Waals surface area contributed by atoms with Gasteiger partial charge in [0.05, 0.1) is 20.8 Å². The predicted molar refractivity (Wildman–Crippen MR) is 94.7 cm³/mol. The van der Waals surface area contributed by atoms with Crippen LogP contribution in [-0.2, 0) is 13.0 Å². The molecule has 0 aliphatic rings. The van der Waals surface area contributed by atoms with E-state index >= 15 is 0 Å². The maximum Gasteiger partial charge on any atom is 0.247 e. The summed E-state index contributed by atoms with van der Waals surface area (Å²) in [5.74, 6) is 2.59. The number of hydrogen-bond acceptors (Lipinski definition) is 6. The molecule has 3 rings (SSSR count). The molecule has 2 aromatic carbocycles. The van der Waals surface area contributed by atoms with Crippen molar-refractivity contribution < 1.29 is 13.9 Å². The molecule has 0 aliphatic heterocycles. The van der Waals surface area contributed by atoms with Crippen molar-refractivity contribution in [1.82, 2.24) is 15.5 Å². The van der Waals surface area contributed by atoms with Gasteiger partial charge in [0, 0.05) is 5.56 Å². The van der Waals surface area contributed by atoms with Crippen LogP contribution in [0.2, 0.25) is 0 Å². The fourth-order valence-electron chi connectivity index (χ4n) is 2.49. The number of aromatic nitrogens is 2. The van der Waals surface area contributed by atoms with Gasteiger partial charge < -0.3 is 19.2 Å². The third kappa shape index (κ3) is 4.36. The SMILES string of the molecule is COc1ccc(CCNCc2nnc(-c3ccccc3)o2)cc1OC. The largest absolute Gasteiger partial charge is 0.493 e. The second-order valence-corrected chi connectivity index (χ2v) is 5.48. The summed E-state index contributed by atoms with van der Waals surface area (Å²) in [4.78, 5) is 0. The van der Waals surface area contributed by atoms with Gasteiger partial charge in [-0.25, -0.2) is 0 Å². The van der Waals surface area contributed by atoms with Crippen LogP contribution in [-0.4, -0.2) is 31.0 Å². The molecule has 0 unspecified atom stereocenters. The summed E-state index contributed by atoms with van der Waals surface area (Å²) in [7, 11) is 3.27.